The van der Waals surface area contributed by atoms with Crippen LogP contribution in [-0.2, 0) is 11.2 Å². The van der Waals surface area contributed by atoms with Crippen molar-refractivity contribution in [3.05, 3.63) is 35.9 Å². The third-order valence-corrected chi connectivity index (χ3v) is 2.88. The van der Waals surface area contributed by atoms with E-state index < -0.39 is 6.10 Å². The lowest BCUT2D eigenvalue weighted by Crippen LogP contribution is -2.62. The molecule has 1 aliphatic rings. The number of amides is 1. The molecule has 1 amide bonds. The minimum atomic E-state index is -0.563. The van der Waals surface area contributed by atoms with Crippen LogP contribution < -0.4 is 5.32 Å². The number of aliphatic hydroxyl groups excluding tert-OH is 1. The molecule has 1 aromatic carbocycles. The van der Waals surface area contributed by atoms with Gasteiger partial charge in [0.1, 0.15) is 0 Å². The number of aliphatic hydroxyl groups is 1. The van der Waals surface area contributed by atoms with Gasteiger partial charge in [-0.05, 0) is 18.9 Å². The molecule has 1 aromatic rings. The van der Waals surface area contributed by atoms with Crippen molar-refractivity contribution >= 4 is 5.91 Å². The minimum Gasteiger partial charge on any atom is -0.393 e. The third kappa shape index (κ3) is 2.02. The molecule has 0 unspecified atom stereocenters. The lowest BCUT2D eigenvalue weighted by molar-refractivity contribution is -0.140. The van der Waals surface area contributed by atoms with Crippen LogP contribution in [0.5, 0.6) is 0 Å². The fourth-order valence-corrected chi connectivity index (χ4v) is 2.06. The summed E-state index contributed by atoms with van der Waals surface area (Å²) in [6, 6.07) is 10.1. The molecule has 3 atom stereocenters. The molecule has 2 rings (SSSR count). The first kappa shape index (κ1) is 10.2. The second-order valence-corrected chi connectivity index (χ2v) is 4.07. The number of carbonyl (C=O) groups excluding carboxylic acids is 1. The summed E-state index contributed by atoms with van der Waals surface area (Å²) in [6.07, 6.45) is 0.231. The fraction of sp³-hybridized carbons (Fsp3) is 0.417. The highest BCUT2D eigenvalue weighted by Crippen LogP contribution is 2.22. The predicted molar refractivity (Wildman–Crippen MR) is 57.2 cm³/mol. The second-order valence-electron chi connectivity index (χ2n) is 4.07. The first-order valence-electron chi connectivity index (χ1n) is 5.21. The molecule has 0 aromatic heterocycles. The van der Waals surface area contributed by atoms with Crippen LogP contribution in [0.15, 0.2) is 30.3 Å². The standard InChI is InChI=1S/C12H15NO2/c1-8(14)11-10(13-12(11)15)7-9-5-3-2-4-6-9/h2-6,8,10-11,14H,7H2,1H3,(H,13,15)/t8-,10+,11-/m1/s1. The average molecular weight is 205 g/mol. The van der Waals surface area contributed by atoms with Crippen molar-refractivity contribution in [1.29, 1.82) is 0 Å². The lowest BCUT2D eigenvalue weighted by Gasteiger charge is -2.38. The van der Waals surface area contributed by atoms with Crippen molar-refractivity contribution in [3.8, 4) is 0 Å². The van der Waals surface area contributed by atoms with Crippen LogP contribution in [0.25, 0.3) is 0 Å². The first-order valence-corrected chi connectivity index (χ1v) is 5.21. The molecule has 1 heterocycles. The number of hydrogen-bond acceptors (Lipinski definition) is 2. The molecule has 1 aliphatic heterocycles. The van der Waals surface area contributed by atoms with Crippen LogP contribution in [0.2, 0.25) is 0 Å². The van der Waals surface area contributed by atoms with Crippen molar-refractivity contribution in [2.24, 2.45) is 5.92 Å². The molecule has 15 heavy (non-hydrogen) atoms. The number of nitrogens with one attached hydrogen (secondary N) is 1. The van der Waals surface area contributed by atoms with Gasteiger partial charge in [-0.3, -0.25) is 4.79 Å². The van der Waals surface area contributed by atoms with Crippen LogP contribution in [0.1, 0.15) is 12.5 Å². The molecule has 2 N–H and O–H groups in total. The second kappa shape index (κ2) is 4.03. The molecule has 3 heteroatoms. The Morgan fingerprint density at radius 2 is 2.07 bits per heavy atom. The van der Waals surface area contributed by atoms with E-state index >= 15 is 0 Å². The smallest absolute Gasteiger partial charge is 0.228 e. The Labute approximate surface area is 89.1 Å². The fourth-order valence-electron chi connectivity index (χ4n) is 2.06. The van der Waals surface area contributed by atoms with Crippen LogP contribution >= 0.6 is 0 Å². The monoisotopic (exact) mass is 205 g/mol. The van der Waals surface area contributed by atoms with E-state index in [1.54, 1.807) is 6.92 Å². The highest BCUT2D eigenvalue weighted by atomic mass is 16.3. The van der Waals surface area contributed by atoms with E-state index in [1.807, 2.05) is 30.3 Å². The van der Waals surface area contributed by atoms with Crippen LogP contribution in [-0.4, -0.2) is 23.2 Å². The average Bonchev–Trinajstić information content (AvgIpc) is 2.17. The number of carbonyl (C=O) groups is 1. The Morgan fingerprint density at radius 1 is 1.40 bits per heavy atom. The zero-order chi connectivity index (χ0) is 10.8. The summed E-state index contributed by atoms with van der Waals surface area (Å²) < 4.78 is 0. The molecular formula is C12H15NO2. The quantitative estimate of drug-likeness (QED) is 0.714. The Balaban J connectivity index is 2.00. The molecule has 0 aliphatic carbocycles. The SMILES string of the molecule is C[C@@H](O)[C@H]1C(=O)N[C@H]1Cc1ccccc1. The minimum absolute atomic E-state index is 0.0362. The van der Waals surface area contributed by atoms with Gasteiger partial charge in [0.05, 0.1) is 12.0 Å². The maximum Gasteiger partial charge on any atom is 0.228 e. The van der Waals surface area contributed by atoms with E-state index in [9.17, 15) is 9.90 Å². The van der Waals surface area contributed by atoms with E-state index in [4.69, 9.17) is 0 Å². The summed E-state index contributed by atoms with van der Waals surface area (Å²) >= 11 is 0. The zero-order valence-electron chi connectivity index (χ0n) is 8.68. The van der Waals surface area contributed by atoms with E-state index in [0.29, 0.717) is 0 Å². The Bertz CT molecular complexity index is 348. The predicted octanol–water partition coefficient (Wildman–Crippen LogP) is 0.724. The summed E-state index contributed by atoms with van der Waals surface area (Å²) in [5.74, 6) is -0.281. The number of hydrogen-bond donors (Lipinski definition) is 2. The molecule has 0 saturated carbocycles. The zero-order valence-corrected chi connectivity index (χ0v) is 8.68. The van der Waals surface area contributed by atoms with Gasteiger partial charge in [-0.2, -0.15) is 0 Å². The van der Waals surface area contributed by atoms with Crippen molar-refractivity contribution in [3.63, 3.8) is 0 Å². The maximum atomic E-state index is 11.2. The molecule has 0 bridgehead atoms. The van der Waals surface area contributed by atoms with E-state index in [1.165, 1.54) is 5.56 Å². The highest BCUT2D eigenvalue weighted by molar-refractivity contribution is 5.86. The maximum absolute atomic E-state index is 11.2. The van der Waals surface area contributed by atoms with Gasteiger partial charge in [-0.1, -0.05) is 30.3 Å². The van der Waals surface area contributed by atoms with Gasteiger partial charge >= 0.3 is 0 Å². The van der Waals surface area contributed by atoms with Crippen LogP contribution in [0.4, 0.5) is 0 Å². The molecule has 1 fully saturated rings. The lowest BCUT2D eigenvalue weighted by atomic mass is 9.82. The summed E-state index contributed by atoms with van der Waals surface area (Å²) in [6.45, 7) is 1.67. The molecule has 3 nitrogen and oxygen atoms in total. The third-order valence-electron chi connectivity index (χ3n) is 2.88. The topological polar surface area (TPSA) is 49.3 Å². The molecule has 0 radical (unpaired) electrons. The normalized spacial score (nSPS) is 26.7. The van der Waals surface area contributed by atoms with Crippen LogP contribution in [0.3, 0.4) is 0 Å². The van der Waals surface area contributed by atoms with Gasteiger partial charge in [0.25, 0.3) is 0 Å². The summed E-state index contributed by atoms with van der Waals surface area (Å²) in [5.41, 5.74) is 1.19. The van der Waals surface area contributed by atoms with Gasteiger partial charge in [-0.15, -0.1) is 0 Å². The van der Waals surface area contributed by atoms with Crippen LogP contribution in [0, 0.1) is 5.92 Å². The molecule has 80 valence electrons. The Kier molecular flexibility index (Phi) is 2.73. The summed E-state index contributed by atoms with van der Waals surface area (Å²) in [5, 5.41) is 12.3. The van der Waals surface area contributed by atoms with E-state index in [2.05, 4.69) is 5.32 Å². The van der Waals surface area contributed by atoms with Gasteiger partial charge in [0.2, 0.25) is 5.91 Å². The molecule has 1 saturated heterocycles. The largest absolute Gasteiger partial charge is 0.393 e. The van der Waals surface area contributed by atoms with E-state index in [-0.39, 0.29) is 17.9 Å². The Morgan fingerprint density at radius 3 is 2.60 bits per heavy atom. The van der Waals surface area contributed by atoms with Crippen molar-refractivity contribution in [2.45, 2.75) is 25.5 Å². The molecular weight excluding hydrogens is 190 g/mol. The summed E-state index contributed by atoms with van der Waals surface area (Å²) in [4.78, 5) is 11.2. The Hall–Kier alpha value is -1.35. The molecule has 0 spiro atoms. The number of rotatable bonds is 3. The highest BCUT2D eigenvalue weighted by Gasteiger charge is 2.41. The summed E-state index contributed by atoms with van der Waals surface area (Å²) in [7, 11) is 0. The van der Waals surface area contributed by atoms with Crippen molar-refractivity contribution < 1.29 is 9.90 Å². The van der Waals surface area contributed by atoms with E-state index in [0.717, 1.165) is 6.42 Å². The van der Waals surface area contributed by atoms with Gasteiger partial charge in [0.15, 0.2) is 0 Å². The van der Waals surface area contributed by atoms with Gasteiger partial charge < -0.3 is 10.4 Å². The number of benzene rings is 1. The van der Waals surface area contributed by atoms with Gasteiger partial charge in [0, 0.05) is 6.04 Å². The van der Waals surface area contributed by atoms with Crippen molar-refractivity contribution in [1.82, 2.24) is 5.32 Å². The number of β-lactam (4-membered cyclic amide) rings is 1. The van der Waals surface area contributed by atoms with Gasteiger partial charge in [-0.25, -0.2) is 0 Å². The van der Waals surface area contributed by atoms with Crippen molar-refractivity contribution in [2.75, 3.05) is 0 Å². The first-order chi connectivity index (χ1) is 7.18.